The molecule has 2 aromatic rings. The molecule has 32 heavy (non-hydrogen) atoms. The average Bonchev–Trinajstić information content (AvgIpc) is 2.72. The van der Waals surface area contributed by atoms with Crippen molar-refractivity contribution in [1.82, 2.24) is 4.90 Å². The van der Waals surface area contributed by atoms with Crippen LogP contribution in [0.25, 0.3) is 5.03 Å². The zero-order valence-electron chi connectivity index (χ0n) is 17.9. The second kappa shape index (κ2) is 9.82. The van der Waals surface area contributed by atoms with E-state index in [-0.39, 0.29) is 17.7 Å². The summed E-state index contributed by atoms with van der Waals surface area (Å²) in [5.74, 6) is -0.346. The number of hydrogen-bond donors (Lipinski definition) is 1. The van der Waals surface area contributed by atoms with Crippen molar-refractivity contribution in [2.45, 2.75) is 26.2 Å². The summed E-state index contributed by atoms with van der Waals surface area (Å²) in [4.78, 5) is 13.1. The van der Waals surface area contributed by atoms with Gasteiger partial charge in [0.25, 0.3) is 0 Å². The van der Waals surface area contributed by atoms with E-state index in [1.165, 1.54) is 6.07 Å². The molecule has 1 N–H and O–H groups in total. The highest BCUT2D eigenvalue weighted by atomic mass is 35.5. The second-order valence-corrected chi connectivity index (χ2v) is 9.64. The minimum atomic E-state index is -0.726. The molecule has 1 atom stereocenters. The van der Waals surface area contributed by atoms with Gasteiger partial charge in [0, 0.05) is 29.7 Å². The lowest BCUT2D eigenvalue weighted by Gasteiger charge is -2.38. The Bertz CT molecular complexity index is 1050. The number of halogens is 3. The van der Waals surface area contributed by atoms with Gasteiger partial charge in [0.05, 0.1) is 12.5 Å². The fraction of sp³-hybridized carbons (Fsp3) is 0.400. The molecule has 1 heterocycles. The third kappa shape index (κ3) is 5.28. The molecule has 0 aromatic heterocycles. The standard InChI is InChI=1S/C25H26Cl2FNO3/c1-15(8-17-4-5-20(26)10-23(17)28)14-32-21-6-7-22-16(9-21)2-3-18(24(22)27)11-29-12-19(13-29)25(30)31/h4-7,9-10,15,19H,2-3,8,11-14H2,1H3,(H,30,31)/t15-/m0/s1. The Morgan fingerprint density at radius 3 is 2.72 bits per heavy atom. The first-order valence-corrected chi connectivity index (χ1v) is 11.6. The van der Waals surface area contributed by atoms with Crippen LogP contribution in [0.2, 0.25) is 5.02 Å². The molecule has 1 saturated heterocycles. The van der Waals surface area contributed by atoms with E-state index < -0.39 is 5.97 Å². The number of carboxylic acids is 1. The number of benzene rings is 2. The van der Waals surface area contributed by atoms with Gasteiger partial charge in [-0.1, -0.05) is 36.2 Å². The number of aliphatic carboxylic acids is 1. The lowest BCUT2D eigenvalue weighted by molar-refractivity contribution is -0.147. The lowest BCUT2D eigenvalue weighted by atomic mass is 9.90. The average molecular weight is 478 g/mol. The van der Waals surface area contributed by atoms with Crippen molar-refractivity contribution in [2.75, 3.05) is 26.2 Å². The highest BCUT2D eigenvalue weighted by Gasteiger charge is 2.33. The number of carbonyl (C=O) groups is 1. The number of carboxylic acid groups (broad SMARTS) is 1. The highest BCUT2D eigenvalue weighted by Crippen LogP contribution is 2.37. The van der Waals surface area contributed by atoms with E-state index in [1.807, 2.05) is 25.1 Å². The van der Waals surface area contributed by atoms with Crippen LogP contribution in [-0.2, 0) is 17.6 Å². The molecule has 0 bridgehead atoms. The van der Waals surface area contributed by atoms with Crippen LogP contribution in [-0.4, -0.2) is 42.2 Å². The Morgan fingerprint density at radius 1 is 1.22 bits per heavy atom. The predicted molar refractivity (Wildman–Crippen MR) is 125 cm³/mol. The molecule has 170 valence electrons. The largest absolute Gasteiger partial charge is 0.493 e. The molecule has 4 rings (SSSR count). The molecule has 0 unspecified atom stereocenters. The number of ether oxygens (including phenoxy) is 1. The van der Waals surface area contributed by atoms with Gasteiger partial charge in [-0.25, -0.2) is 4.39 Å². The Morgan fingerprint density at radius 2 is 2.00 bits per heavy atom. The number of likely N-dealkylation sites (tertiary alicyclic amines) is 1. The third-order valence-electron chi connectivity index (χ3n) is 6.16. The highest BCUT2D eigenvalue weighted by molar-refractivity contribution is 6.49. The van der Waals surface area contributed by atoms with Crippen molar-refractivity contribution in [2.24, 2.45) is 11.8 Å². The number of nitrogens with zero attached hydrogens (tertiary/aromatic N) is 1. The summed E-state index contributed by atoms with van der Waals surface area (Å²) in [6.07, 6.45) is 2.31. The molecule has 0 amide bonds. The predicted octanol–water partition coefficient (Wildman–Crippen LogP) is 5.65. The molecule has 1 aliphatic carbocycles. The SMILES string of the molecule is C[C@H](COc1ccc2c(c1)CCC(CN1CC(C(=O)O)C1)=C2Cl)Cc1ccc(Cl)cc1F. The molecule has 0 radical (unpaired) electrons. The maximum Gasteiger partial charge on any atom is 0.309 e. The van der Waals surface area contributed by atoms with Crippen LogP contribution in [0, 0.1) is 17.7 Å². The molecular weight excluding hydrogens is 452 g/mol. The molecule has 4 nitrogen and oxygen atoms in total. The van der Waals surface area contributed by atoms with Gasteiger partial charge >= 0.3 is 5.97 Å². The van der Waals surface area contributed by atoms with E-state index in [0.29, 0.717) is 36.7 Å². The van der Waals surface area contributed by atoms with Crippen LogP contribution in [0.15, 0.2) is 42.0 Å². The first-order chi connectivity index (χ1) is 15.3. The fourth-order valence-corrected chi connectivity index (χ4v) is 4.80. The van der Waals surface area contributed by atoms with E-state index in [1.54, 1.807) is 12.1 Å². The van der Waals surface area contributed by atoms with E-state index in [4.69, 9.17) is 33.0 Å². The van der Waals surface area contributed by atoms with Crippen molar-refractivity contribution in [3.63, 3.8) is 0 Å². The minimum Gasteiger partial charge on any atom is -0.493 e. The second-order valence-electron chi connectivity index (χ2n) is 8.82. The minimum absolute atomic E-state index is 0.142. The Labute approximate surface area is 197 Å². The van der Waals surface area contributed by atoms with E-state index in [0.717, 1.165) is 46.9 Å². The van der Waals surface area contributed by atoms with E-state index in [2.05, 4.69) is 4.90 Å². The van der Waals surface area contributed by atoms with E-state index in [9.17, 15) is 9.18 Å². The quantitative estimate of drug-likeness (QED) is 0.533. The molecule has 1 fully saturated rings. The fourth-order valence-electron chi connectivity index (χ4n) is 4.30. The van der Waals surface area contributed by atoms with Crippen LogP contribution in [0.5, 0.6) is 5.75 Å². The summed E-state index contributed by atoms with van der Waals surface area (Å²) in [6.45, 7) is 4.40. The van der Waals surface area contributed by atoms with Crippen molar-refractivity contribution < 1.29 is 19.0 Å². The van der Waals surface area contributed by atoms with Crippen LogP contribution in [0.4, 0.5) is 4.39 Å². The zero-order valence-corrected chi connectivity index (χ0v) is 19.4. The topological polar surface area (TPSA) is 49.8 Å². The van der Waals surface area contributed by atoms with Crippen molar-refractivity contribution in [3.05, 3.63) is 69.5 Å². The molecule has 7 heteroatoms. The van der Waals surface area contributed by atoms with Gasteiger partial charge in [0.15, 0.2) is 0 Å². The van der Waals surface area contributed by atoms with Gasteiger partial charge in [-0.05, 0) is 77.8 Å². The number of fused-ring (bicyclic) bond motifs is 1. The molecule has 2 aromatic carbocycles. The summed E-state index contributed by atoms with van der Waals surface area (Å²) in [7, 11) is 0. The summed E-state index contributed by atoms with van der Waals surface area (Å²) < 4.78 is 20.0. The normalized spacial score (nSPS) is 17.6. The first-order valence-electron chi connectivity index (χ1n) is 10.8. The summed E-state index contributed by atoms with van der Waals surface area (Å²) in [6, 6.07) is 10.7. The summed E-state index contributed by atoms with van der Waals surface area (Å²) >= 11 is 12.5. The van der Waals surface area contributed by atoms with Crippen LogP contribution in [0.1, 0.15) is 30.0 Å². The zero-order chi connectivity index (χ0) is 22.8. The number of rotatable bonds is 8. The van der Waals surface area contributed by atoms with Crippen molar-refractivity contribution >= 4 is 34.2 Å². The lowest BCUT2D eigenvalue weighted by Crippen LogP contribution is -2.50. The summed E-state index contributed by atoms with van der Waals surface area (Å²) in [5.41, 5.74) is 3.97. The van der Waals surface area contributed by atoms with Gasteiger partial charge in [0.2, 0.25) is 0 Å². The maximum absolute atomic E-state index is 14.0. The van der Waals surface area contributed by atoms with Crippen LogP contribution >= 0.6 is 23.2 Å². The molecular formula is C25H26Cl2FNO3. The smallest absolute Gasteiger partial charge is 0.309 e. The maximum atomic E-state index is 14.0. The van der Waals surface area contributed by atoms with Gasteiger partial charge in [-0.15, -0.1) is 0 Å². The number of aryl methyl sites for hydroxylation is 1. The molecule has 1 aliphatic heterocycles. The van der Waals surface area contributed by atoms with Crippen molar-refractivity contribution in [3.8, 4) is 5.75 Å². The van der Waals surface area contributed by atoms with Crippen LogP contribution < -0.4 is 4.74 Å². The molecule has 0 saturated carbocycles. The van der Waals surface area contributed by atoms with Gasteiger partial charge in [-0.2, -0.15) is 0 Å². The van der Waals surface area contributed by atoms with Gasteiger partial charge in [-0.3, -0.25) is 9.69 Å². The van der Waals surface area contributed by atoms with E-state index >= 15 is 0 Å². The van der Waals surface area contributed by atoms with Crippen molar-refractivity contribution in [1.29, 1.82) is 0 Å². The summed E-state index contributed by atoms with van der Waals surface area (Å²) in [5, 5.41) is 10.2. The first kappa shape index (κ1) is 23.1. The molecule has 0 spiro atoms. The number of hydrogen-bond acceptors (Lipinski definition) is 3. The van der Waals surface area contributed by atoms with Gasteiger partial charge in [0.1, 0.15) is 11.6 Å². The third-order valence-corrected chi connectivity index (χ3v) is 6.86. The van der Waals surface area contributed by atoms with Gasteiger partial charge < -0.3 is 9.84 Å². The Hall–Kier alpha value is -2.08. The Kier molecular flexibility index (Phi) is 7.08. The van der Waals surface area contributed by atoms with Crippen LogP contribution in [0.3, 0.4) is 0 Å². The monoisotopic (exact) mass is 477 g/mol. The molecule has 2 aliphatic rings. The Balaban J connectivity index is 1.34.